The van der Waals surface area contributed by atoms with Gasteiger partial charge in [0.1, 0.15) is 0 Å². The first kappa shape index (κ1) is 28.4. The lowest BCUT2D eigenvalue weighted by Crippen LogP contribution is -2.28. The molecule has 0 bridgehead atoms. The van der Waals surface area contributed by atoms with E-state index < -0.39 is 35.0 Å². The maximum atomic E-state index is 13.3. The third-order valence-electron chi connectivity index (χ3n) is 6.23. The summed E-state index contributed by atoms with van der Waals surface area (Å²) in [6.45, 7) is 6.89. The predicted octanol–water partition coefficient (Wildman–Crippen LogP) is 7.64. The van der Waals surface area contributed by atoms with Crippen LogP contribution in [-0.4, -0.2) is 21.2 Å². The monoisotopic (exact) mass is 557 g/mol. The summed E-state index contributed by atoms with van der Waals surface area (Å²) >= 11 is 6.13. The molecule has 1 aromatic heterocycles. The number of aromatic nitrogens is 1. The zero-order valence-corrected chi connectivity index (χ0v) is 22.5. The second-order valence-corrected chi connectivity index (χ2v) is 10.8. The molecule has 0 unspecified atom stereocenters. The van der Waals surface area contributed by atoms with Crippen molar-refractivity contribution in [2.75, 3.05) is 0 Å². The van der Waals surface area contributed by atoms with Crippen LogP contribution in [0.2, 0.25) is 5.02 Å². The molecular weight excluding hydrogens is 531 g/mol. The highest BCUT2D eigenvalue weighted by Crippen LogP contribution is 2.40. The zero-order chi connectivity index (χ0) is 28.7. The Hall–Kier alpha value is -3.62. The number of carbonyl (C=O) groups is 1. The molecule has 0 fully saturated rings. The van der Waals surface area contributed by atoms with Gasteiger partial charge >= 0.3 is 12.1 Å². The molecule has 5 nitrogen and oxygen atoms in total. The van der Waals surface area contributed by atoms with Crippen molar-refractivity contribution in [3.05, 3.63) is 104 Å². The number of alkyl halides is 3. The molecule has 1 N–H and O–H groups in total. The molecule has 3 aromatic carbocycles. The van der Waals surface area contributed by atoms with E-state index in [9.17, 15) is 27.9 Å². The maximum absolute atomic E-state index is 13.3. The summed E-state index contributed by atoms with van der Waals surface area (Å²) in [5.41, 5.74) is 0.896. The number of ether oxygens (including phenoxy) is 1. The molecule has 0 saturated carbocycles. The van der Waals surface area contributed by atoms with Gasteiger partial charge in [0.05, 0.1) is 23.2 Å². The van der Waals surface area contributed by atoms with Gasteiger partial charge in [0.15, 0.2) is 6.10 Å². The van der Waals surface area contributed by atoms with E-state index in [1.54, 1.807) is 64.1 Å². The number of fused-ring (bicyclic) bond motifs is 1. The summed E-state index contributed by atoms with van der Waals surface area (Å²) < 4.78 is 47.4. The molecule has 0 amide bonds. The zero-order valence-electron chi connectivity index (χ0n) is 21.8. The van der Waals surface area contributed by atoms with Crippen LogP contribution in [0.1, 0.15) is 49.1 Å². The minimum absolute atomic E-state index is 0.111. The van der Waals surface area contributed by atoms with Gasteiger partial charge in [0.25, 0.3) is 5.56 Å². The topological polar surface area (TPSA) is 68.5 Å². The normalized spacial score (nSPS) is 13.0. The summed E-state index contributed by atoms with van der Waals surface area (Å²) in [4.78, 5) is 25.5. The van der Waals surface area contributed by atoms with Gasteiger partial charge in [-0.2, -0.15) is 13.2 Å². The van der Waals surface area contributed by atoms with E-state index in [1.165, 1.54) is 22.8 Å². The fourth-order valence-electron chi connectivity index (χ4n) is 4.63. The Labute approximate surface area is 228 Å². The Morgan fingerprint density at radius 1 is 1.03 bits per heavy atom. The van der Waals surface area contributed by atoms with Gasteiger partial charge in [-0.05, 0) is 86.3 Å². The Morgan fingerprint density at radius 3 is 2.28 bits per heavy atom. The summed E-state index contributed by atoms with van der Waals surface area (Å²) in [6, 6.07) is 16.3. The van der Waals surface area contributed by atoms with Crippen molar-refractivity contribution in [2.45, 2.75) is 52.1 Å². The van der Waals surface area contributed by atoms with Crippen LogP contribution in [-0.2, 0) is 22.3 Å². The molecule has 4 rings (SSSR count). The summed E-state index contributed by atoms with van der Waals surface area (Å²) in [7, 11) is 0. The van der Waals surface area contributed by atoms with Crippen molar-refractivity contribution in [1.29, 1.82) is 0 Å². The minimum Gasteiger partial charge on any atom is -0.479 e. The van der Waals surface area contributed by atoms with Gasteiger partial charge < -0.3 is 14.4 Å². The van der Waals surface area contributed by atoms with E-state index in [0.717, 1.165) is 12.1 Å². The first-order valence-electron chi connectivity index (χ1n) is 12.2. The molecule has 39 heavy (non-hydrogen) atoms. The van der Waals surface area contributed by atoms with E-state index in [-0.39, 0.29) is 6.54 Å². The molecule has 9 heteroatoms. The van der Waals surface area contributed by atoms with Crippen LogP contribution in [0.15, 0.2) is 71.5 Å². The molecule has 0 spiro atoms. The Bertz CT molecular complexity index is 1600. The van der Waals surface area contributed by atoms with Gasteiger partial charge in [-0.25, -0.2) is 4.79 Å². The highest BCUT2D eigenvalue weighted by molar-refractivity contribution is 6.30. The summed E-state index contributed by atoms with van der Waals surface area (Å²) in [5, 5.41) is 11.2. The number of halogens is 4. The van der Waals surface area contributed by atoms with Crippen molar-refractivity contribution in [1.82, 2.24) is 4.57 Å². The molecule has 0 aliphatic heterocycles. The summed E-state index contributed by atoms with van der Waals surface area (Å²) in [5.74, 6) is -1.18. The number of carboxylic acid groups (broad SMARTS) is 1. The third kappa shape index (κ3) is 6.18. The molecule has 0 saturated heterocycles. The average molecular weight is 558 g/mol. The van der Waals surface area contributed by atoms with Gasteiger partial charge in [-0.3, -0.25) is 4.79 Å². The van der Waals surface area contributed by atoms with E-state index in [0.29, 0.717) is 43.7 Å². The number of pyridine rings is 1. The number of carboxylic acids is 1. The Balaban J connectivity index is 2.03. The van der Waals surface area contributed by atoms with Crippen LogP contribution in [0.4, 0.5) is 13.2 Å². The third-order valence-corrected chi connectivity index (χ3v) is 6.48. The first-order chi connectivity index (χ1) is 18.2. The summed E-state index contributed by atoms with van der Waals surface area (Å²) in [6.07, 6.45) is -5.85. The van der Waals surface area contributed by atoms with Crippen molar-refractivity contribution in [2.24, 2.45) is 0 Å². The molecule has 1 heterocycles. The molecule has 0 aliphatic carbocycles. The smallest absolute Gasteiger partial charge is 0.416 e. The largest absolute Gasteiger partial charge is 0.479 e. The van der Waals surface area contributed by atoms with Crippen LogP contribution in [0, 0.1) is 6.92 Å². The van der Waals surface area contributed by atoms with Gasteiger partial charge in [-0.15, -0.1) is 0 Å². The lowest BCUT2D eigenvalue weighted by Gasteiger charge is -2.29. The lowest BCUT2D eigenvalue weighted by atomic mass is 9.88. The van der Waals surface area contributed by atoms with E-state index in [1.807, 2.05) is 0 Å². The van der Waals surface area contributed by atoms with Crippen LogP contribution < -0.4 is 5.56 Å². The minimum atomic E-state index is -4.52. The van der Waals surface area contributed by atoms with E-state index >= 15 is 0 Å². The number of aryl methyl sites for hydroxylation is 1. The number of hydrogen-bond acceptors (Lipinski definition) is 3. The number of benzene rings is 3. The van der Waals surface area contributed by atoms with Crippen molar-refractivity contribution < 1.29 is 27.8 Å². The molecular formula is C30H27ClF3NO4. The van der Waals surface area contributed by atoms with Crippen LogP contribution in [0.25, 0.3) is 22.0 Å². The average Bonchev–Trinajstić information content (AvgIpc) is 2.83. The standard InChI is InChI=1S/C30H27ClF3NO4/c1-17-14-23-22(12-13-24(36)35(23)16-18-6-5-7-20(15-18)30(32,33)34)26(19-8-10-21(31)11-9-19)25(17)27(28(37)38)39-29(2,3)4/h5-15,27H,16H2,1-4H3,(H,37,38)/t27-/m0/s1. The fourth-order valence-corrected chi connectivity index (χ4v) is 4.76. The SMILES string of the molecule is Cc1cc2c(ccc(=O)n2Cc2cccc(C(F)(F)F)c2)c(-c2ccc(Cl)cc2)c1[C@H](OC(C)(C)C)C(=O)O. The number of aliphatic carboxylic acids is 1. The molecule has 4 aromatic rings. The highest BCUT2D eigenvalue weighted by Gasteiger charge is 2.32. The number of hydrogen-bond donors (Lipinski definition) is 1. The van der Waals surface area contributed by atoms with Crippen LogP contribution >= 0.6 is 11.6 Å². The highest BCUT2D eigenvalue weighted by atomic mass is 35.5. The van der Waals surface area contributed by atoms with Gasteiger partial charge in [0.2, 0.25) is 0 Å². The molecule has 204 valence electrons. The molecule has 0 aliphatic rings. The first-order valence-corrected chi connectivity index (χ1v) is 12.5. The molecule has 1 atom stereocenters. The number of rotatable bonds is 6. The Morgan fingerprint density at radius 2 is 1.69 bits per heavy atom. The van der Waals surface area contributed by atoms with Gasteiger partial charge in [0, 0.05) is 22.0 Å². The second-order valence-electron chi connectivity index (χ2n) is 10.3. The fraction of sp³-hybridized carbons (Fsp3) is 0.267. The van der Waals surface area contributed by atoms with E-state index in [2.05, 4.69) is 0 Å². The molecule has 0 radical (unpaired) electrons. The van der Waals surface area contributed by atoms with Crippen LogP contribution in [0.5, 0.6) is 0 Å². The second kappa shape index (κ2) is 10.5. The Kier molecular flexibility index (Phi) is 7.65. The quantitative estimate of drug-likeness (QED) is 0.264. The maximum Gasteiger partial charge on any atom is 0.416 e. The van der Waals surface area contributed by atoms with E-state index in [4.69, 9.17) is 16.3 Å². The predicted molar refractivity (Wildman–Crippen MR) is 145 cm³/mol. The lowest BCUT2D eigenvalue weighted by molar-refractivity contribution is -0.160. The van der Waals surface area contributed by atoms with Crippen molar-refractivity contribution in [3.8, 4) is 11.1 Å². The van der Waals surface area contributed by atoms with Gasteiger partial charge in [-0.1, -0.05) is 35.9 Å². The van der Waals surface area contributed by atoms with Crippen LogP contribution in [0.3, 0.4) is 0 Å². The van der Waals surface area contributed by atoms with Crippen molar-refractivity contribution in [3.63, 3.8) is 0 Å². The van der Waals surface area contributed by atoms with Crippen molar-refractivity contribution >= 4 is 28.5 Å². The number of nitrogens with zero attached hydrogens (tertiary/aromatic N) is 1.